The Hall–Kier alpha value is -3.35. The van der Waals surface area contributed by atoms with Crippen LogP contribution >= 0.6 is 0 Å². The minimum atomic E-state index is -1.01. The average molecular weight is 511 g/mol. The topological polar surface area (TPSA) is 87.2 Å². The average Bonchev–Trinajstić information content (AvgIpc) is 3.04. The van der Waals surface area contributed by atoms with Gasteiger partial charge in [-0.25, -0.2) is 9.59 Å². The molecule has 0 saturated carbocycles. The molecular formula is C30H42N2O5. The summed E-state index contributed by atoms with van der Waals surface area (Å²) in [6.45, 7) is 14.3. The molecule has 202 valence electrons. The molecule has 1 saturated heterocycles. The Balaban J connectivity index is 0.00000235. The van der Waals surface area contributed by atoms with Crippen molar-refractivity contribution in [2.45, 2.75) is 92.3 Å². The van der Waals surface area contributed by atoms with Gasteiger partial charge < -0.3 is 14.7 Å². The number of urea groups is 1. The number of carboxylic acid groups (broad SMARTS) is 1. The molecule has 7 nitrogen and oxygen atoms in total. The number of carbonyl (C=O) groups excluding carboxylic acids is 2. The molecule has 2 aromatic rings. The summed E-state index contributed by atoms with van der Waals surface area (Å²) in [5.41, 5.74) is 3.47. The van der Waals surface area contributed by atoms with Crippen LogP contribution in [0.25, 0.3) is 0 Å². The van der Waals surface area contributed by atoms with E-state index in [9.17, 15) is 14.4 Å². The zero-order valence-electron chi connectivity index (χ0n) is 23.3. The molecule has 1 heterocycles. The zero-order chi connectivity index (χ0) is 27.8. The SMILES string of the molecule is CC.CCCN1C(=O)N(Cc2ccc(C)c(C)c2)C(=O)C1(C)CCCc1ccc(OC(C)C(=O)O)cc1. The first-order chi connectivity index (χ1) is 17.6. The van der Waals surface area contributed by atoms with Crippen LogP contribution in [-0.2, 0) is 22.6 Å². The maximum absolute atomic E-state index is 13.5. The van der Waals surface area contributed by atoms with Crippen molar-refractivity contribution in [3.63, 3.8) is 0 Å². The third-order valence-corrected chi connectivity index (χ3v) is 6.84. The van der Waals surface area contributed by atoms with E-state index in [2.05, 4.69) is 0 Å². The molecular weight excluding hydrogens is 468 g/mol. The Morgan fingerprint density at radius 2 is 1.65 bits per heavy atom. The zero-order valence-corrected chi connectivity index (χ0v) is 23.3. The number of aliphatic carboxylic acids is 1. The first-order valence-corrected chi connectivity index (χ1v) is 13.2. The van der Waals surface area contributed by atoms with E-state index >= 15 is 0 Å². The highest BCUT2D eigenvalue weighted by Gasteiger charge is 2.53. The number of nitrogens with zero attached hydrogens (tertiary/aromatic N) is 2. The van der Waals surface area contributed by atoms with E-state index < -0.39 is 17.6 Å². The van der Waals surface area contributed by atoms with Gasteiger partial charge in [0.25, 0.3) is 5.91 Å². The number of benzene rings is 2. The molecule has 7 heteroatoms. The Kier molecular flexibility index (Phi) is 10.7. The number of imide groups is 1. The van der Waals surface area contributed by atoms with E-state index in [1.165, 1.54) is 17.4 Å². The van der Waals surface area contributed by atoms with Crippen LogP contribution in [0, 0.1) is 13.8 Å². The summed E-state index contributed by atoms with van der Waals surface area (Å²) in [6.07, 6.45) is 1.91. The number of amides is 3. The molecule has 1 N–H and O–H groups in total. The predicted molar refractivity (Wildman–Crippen MR) is 146 cm³/mol. The minimum absolute atomic E-state index is 0.138. The molecule has 2 aromatic carbocycles. The van der Waals surface area contributed by atoms with E-state index in [-0.39, 0.29) is 18.5 Å². The van der Waals surface area contributed by atoms with Crippen molar-refractivity contribution in [3.05, 3.63) is 64.7 Å². The molecule has 0 aliphatic carbocycles. The second-order valence-electron chi connectivity index (χ2n) is 9.61. The lowest BCUT2D eigenvalue weighted by atomic mass is 9.91. The van der Waals surface area contributed by atoms with Crippen molar-refractivity contribution in [1.82, 2.24) is 9.80 Å². The lowest BCUT2D eigenvalue weighted by Crippen LogP contribution is -2.47. The lowest BCUT2D eigenvalue weighted by Gasteiger charge is -2.31. The van der Waals surface area contributed by atoms with Crippen molar-refractivity contribution >= 4 is 17.9 Å². The van der Waals surface area contributed by atoms with Crippen LogP contribution in [0.1, 0.15) is 76.1 Å². The maximum atomic E-state index is 13.5. The number of ether oxygens (including phenoxy) is 1. The Labute approximate surface area is 221 Å². The maximum Gasteiger partial charge on any atom is 0.344 e. The van der Waals surface area contributed by atoms with E-state index in [1.54, 1.807) is 17.0 Å². The molecule has 0 radical (unpaired) electrons. The quantitative estimate of drug-likeness (QED) is 0.367. The number of hydrogen-bond donors (Lipinski definition) is 1. The van der Waals surface area contributed by atoms with Crippen LogP contribution in [-0.4, -0.2) is 51.0 Å². The molecule has 37 heavy (non-hydrogen) atoms. The van der Waals surface area contributed by atoms with Gasteiger partial charge in [0.2, 0.25) is 0 Å². The van der Waals surface area contributed by atoms with Crippen LogP contribution in [0.4, 0.5) is 4.79 Å². The van der Waals surface area contributed by atoms with Crippen LogP contribution < -0.4 is 4.74 Å². The minimum Gasteiger partial charge on any atom is -0.479 e. The van der Waals surface area contributed by atoms with Gasteiger partial charge in [-0.2, -0.15) is 0 Å². The summed E-state index contributed by atoms with van der Waals surface area (Å²) in [7, 11) is 0. The van der Waals surface area contributed by atoms with Crippen LogP contribution in [0.5, 0.6) is 5.75 Å². The molecule has 2 atom stereocenters. The van der Waals surface area contributed by atoms with Crippen molar-refractivity contribution in [2.75, 3.05) is 6.54 Å². The first-order valence-electron chi connectivity index (χ1n) is 13.2. The molecule has 1 aliphatic rings. The van der Waals surface area contributed by atoms with Gasteiger partial charge in [0.05, 0.1) is 6.54 Å². The lowest BCUT2D eigenvalue weighted by molar-refractivity contribution is -0.144. The van der Waals surface area contributed by atoms with Crippen molar-refractivity contribution in [2.24, 2.45) is 0 Å². The fourth-order valence-corrected chi connectivity index (χ4v) is 4.51. The number of carbonyl (C=O) groups is 3. The monoisotopic (exact) mass is 510 g/mol. The van der Waals surface area contributed by atoms with Gasteiger partial charge in [-0.05, 0) is 87.8 Å². The number of rotatable bonds is 11. The fraction of sp³-hybridized carbons (Fsp3) is 0.500. The number of hydrogen-bond acceptors (Lipinski definition) is 4. The smallest absolute Gasteiger partial charge is 0.344 e. The Morgan fingerprint density at radius 1 is 1.03 bits per heavy atom. The standard InChI is InChI=1S/C28H36N2O5.C2H6/c1-6-16-30-27(34)29(18-23-10-9-19(2)20(3)17-23)26(33)28(30,5)15-7-8-22-11-13-24(14-12-22)35-21(4)25(31)32;1-2/h9-14,17,21H,6-8,15-16,18H2,1-5H3,(H,31,32);1-2H3. The second kappa shape index (κ2) is 13.3. The molecule has 0 aromatic heterocycles. The number of carboxylic acids is 1. The highest BCUT2D eigenvalue weighted by molar-refractivity contribution is 6.06. The van der Waals surface area contributed by atoms with Crippen molar-refractivity contribution in [3.8, 4) is 5.75 Å². The molecule has 3 amide bonds. The normalized spacial score (nSPS) is 17.9. The molecule has 1 aliphatic heterocycles. The summed E-state index contributed by atoms with van der Waals surface area (Å²) >= 11 is 0. The highest BCUT2D eigenvalue weighted by Crippen LogP contribution is 2.34. The molecule has 1 fully saturated rings. The Bertz CT molecular complexity index is 1080. The second-order valence-corrected chi connectivity index (χ2v) is 9.61. The van der Waals surface area contributed by atoms with Crippen LogP contribution in [0.3, 0.4) is 0 Å². The summed E-state index contributed by atoms with van der Waals surface area (Å²) in [5, 5.41) is 8.98. The summed E-state index contributed by atoms with van der Waals surface area (Å²) in [4.78, 5) is 40.9. The van der Waals surface area contributed by atoms with Gasteiger partial charge in [-0.3, -0.25) is 9.69 Å². The third kappa shape index (κ3) is 7.12. The van der Waals surface area contributed by atoms with Gasteiger partial charge in [0.15, 0.2) is 6.10 Å². The van der Waals surface area contributed by atoms with E-state index in [0.717, 1.165) is 36.0 Å². The van der Waals surface area contributed by atoms with Gasteiger partial charge in [0, 0.05) is 6.54 Å². The van der Waals surface area contributed by atoms with Gasteiger partial charge in [-0.15, -0.1) is 0 Å². The van der Waals surface area contributed by atoms with Gasteiger partial charge >= 0.3 is 12.0 Å². The highest BCUT2D eigenvalue weighted by atomic mass is 16.5. The van der Waals surface area contributed by atoms with Gasteiger partial charge in [-0.1, -0.05) is 51.1 Å². The summed E-state index contributed by atoms with van der Waals surface area (Å²) in [5.74, 6) is -0.648. The molecule has 2 unspecified atom stereocenters. The van der Waals surface area contributed by atoms with Crippen molar-refractivity contribution < 1.29 is 24.2 Å². The Morgan fingerprint density at radius 3 is 2.22 bits per heavy atom. The third-order valence-electron chi connectivity index (χ3n) is 6.84. The molecule has 0 spiro atoms. The molecule has 0 bridgehead atoms. The largest absolute Gasteiger partial charge is 0.479 e. The van der Waals surface area contributed by atoms with Crippen LogP contribution in [0.15, 0.2) is 42.5 Å². The van der Waals surface area contributed by atoms with E-state index in [1.807, 2.05) is 71.9 Å². The number of aryl methyl sites for hydroxylation is 3. The first kappa shape index (κ1) is 29.9. The van der Waals surface area contributed by atoms with Gasteiger partial charge in [0.1, 0.15) is 11.3 Å². The molecule has 3 rings (SSSR count). The van der Waals surface area contributed by atoms with Crippen LogP contribution in [0.2, 0.25) is 0 Å². The summed E-state index contributed by atoms with van der Waals surface area (Å²) in [6, 6.07) is 13.2. The summed E-state index contributed by atoms with van der Waals surface area (Å²) < 4.78 is 5.38. The predicted octanol–water partition coefficient (Wildman–Crippen LogP) is 6.14. The van der Waals surface area contributed by atoms with E-state index in [4.69, 9.17) is 9.84 Å². The van der Waals surface area contributed by atoms with E-state index in [0.29, 0.717) is 18.7 Å². The van der Waals surface area contributed by atoms with Crippen molar-refractivity contribution in [1.29, 1.82) is 0 Å². The fourth-order valence-electron chi connectivity index (χ4n) is 4.51.